The van der Waals surface area contributed by atoms with Crippen LogP contribution in [0, 0.1) is 0 Å². The van der Waals surface area contributed by atoms with Crippen molar-refractivity contribution in [2.24, 2.45) is 0 Å². The van der Waals surface area contributed by atoms with Crippen LogP contribution < -0.4 is 0 Å². The third-order valence-corrected chi connectivity index (χ3v) is 1.30. The number of carbonyl (C=O) groups excluding carboxylic acids is 1. The van der Waals surface area contributed by atoms with Gasteiger partial charge in [0, 0.05) is 7.11 Å². The first-order valence-corrected chi connectivity index (χ1v) is 4.24. The molecule has 82 valence electrons. The Morgan fingerprint density at radius 3 is 2.64 bits per heavy atom. The minimum absolute atomic E-state index is 0.0374. The topological polar surface area (TPSA) is 65.0 Å². The Balaban J connectivity index is 3.39. The van der Waals surface area contributed by atoms with Crippen LogP contribution in [0.1, 0.15) is 0 Å². The van der Waals surface area contributed by atoms with Crippen molar-refractivity contribution in [3.05, 3.63) is 12.2 Å². The molecule has 0 aliphatic carbocycles. The second-order valence-electron chi connectivity index (χ2n) is 2.51. The van der Waals surface area contributed by atoms with Gasteiger partial charge in [-0.05, 0) is 0 Å². The highest BCUT2D eigenvalue weighted by molar-refractivity contribution is 5.87. The van der Waals surface area contributed by atoms with Gasteiger partial charge in [0.2, 0.25) is 0 Å². The molecule has 5 nitrogen and oxygen atoms in total. The Labute approximate surface area is 83.3 Å². The van der Waals surface area contributed by atoms with E-state index in [4.69, 9.17) is 19.3 Å². The number of methoxy groups -OCH3 is 1. The molecule has 0 unspecified atom stereocenters. The maximum atomic E-state index is 11.1. The van der Waals surface area contributed by atoms with Crippen molar-refractivity contribution in [2.75, 3.05) is 40.1 Å². The molecule has 0 aromatic heterocycles. The number of rotatable bonds is 8. The normalized spacial score (nSPS) is 9.86. The van der Waals surface area contributed by atoms with E-state index in [9.17, 15) is 4.79 Å². The summed E-state index contributed by atoms with van der Waals surface area (Å²) in [5.74, 6) is -0.487. The van der Waals surface area contributed by atoms with Gasteiger partial charge in [-0.15, -0.1) is 0 Å². The molecule has 0 aliphatic rings. The average Bonchev–Trinajstić information content (AvgIpc) is 2.17. The molecule has 0 radical (unpaired) electrons. The van der Waals surface area contributed by atoms with Crippen LogP contribution in [0.3, 0.4) is 0 Å². The molecule has 0 atom stereocenters. The lowest BCUT2D eigenvalue weighted by atomic mass is 10.3. The third kappa shape index (κ3) is 6.59. The molecule has 1 N–H and O–H groups in total. The summed E-state index contributed by atoms with van der Waals surface area (Å²) in [6.07, 6.45) is 0. The van der Waals surface area contributed by atoms with Crippen LogP contribution in [0.15, 0.2) is 12.2 Å². The quantitative estimate of drug-likeness (QED) is 0.335. The highest BCUT2D eigenvalue weighted by Gasteiger charge is 2.07. The van der Waals surface area contributed by atoms with Gasteiger partial charge in [0.25, 0.3) is 0 Å². The molecule has 0 bridgehead atoms. The van der Waals surface area contributed by atoms with E-state index in [-0.39, 0.29) is 38.6 Å². The van der Waals surface area contributed by atoms with Gasteiger partial charge in [-0.3, -0.25) is 0 Å². The zero-order chi connectivity index (χ0) is 10.8. The standard InChI is InChI=1S/C9H16O5/c1-8(7-12-2)9(11)14-6-5-13-4-3-10/h10H,1,3-7H2,2H3. The molecule has 0 rings (SSSR count). The van der Waals surface area contributed by atoms with Crippen LogP contribution >= 0.6 is 0 Å². The summed E-state index contributed by atoms with van der Waals surface area (Å²) in [5.41, 5.74) is 0.273. The van der Waals surface area contributed by atoms with Crippen LogP contribution in [0.5, 0.6) is 0 Å². The Hall–Kier alpha value is -0.910. The molecule has 0 aromatic rings. The van der Waals surface area contributed by atoms with Gasteiger partial charge in [-0.2, -0.15) is 0 Å². The second-order valence-corrected chi connectivity index (χ2v) is 2.51. The molecule has 14 heavy (non-hydrogen) atoms. The van der Waals surface area contributed by atoms with Gasteiger partial charge in [0.05, 0.1) is 32.0 Å². The average molecular weight is 204 g/mol. The van der Waals surface area contributed by atoms with Crippen molar-refractivity contribution in [3.8, 4) is 0 Å². The molecule has 0 heterocycles. The highest BCUT2D eigenvalue weighted by Crippen LogP contribution is 1.94. The molecule has 0 spiro atoms. The van der Waals surface area contributed by atoms with Gasteiger partial charge < -0.3 is 19.3 Å². The molecular formula is C9H16O5. The second kappa shape index (κ2) is 8.68. The first-order valence-electron chi connectivity index (χ1n) is 4.24. The number of carbonyl (C=O) groups is 1. The molecule has 0 aromatic carbocycles. The lowest BCUT2D eigenvalue weighted by Gasteiger charge is -2.06. The Kier molecular flexibility index (Phi) is 8.11. The van der Waals surface area contributed by atoms with Gasteiger partial charge >= 0.3 is 5.97 Å². The largest absolute Gasteiger partial charge is 0.460 e. The SMILES string of the molecule is C=C(COC)C(=O)OCCOCCO. The molecule has 5 heteroatoms. The van der Waals surface area contributed by atoms with E-state index < -0.39 is 5.97 Å². The van der Waals surface area contributed by atoms with Gasteiger partial charge in [0.15, 0.2) is 0 Å². The minimum atomic E-state index is -0.487. The van der Waals surface area contributed by atoms with Gasteiger partial charge in [-0.25, -0.2) is 4.79 Å². The first kappa shape index (κ1) is 13.1. The summed E-state index contributed by atoms with van der Waals surface area (Å²) in [6.45, 7) is 4.28. The number of ether oxygens (including phenoxy) is 3. The number of hydrogen-bond acceptors (Lipinski definition) is 5. The van der Waals surface area contributed by atoms with E-state index in [0.29, 0.717) is 0 Å². The monoisotopic (exact) mass is 204 g/mol. The van der Waals surface area contributed by atoms with Crippen LogP contribution in [0.4, 0.5) is 0 Å². The summed E-state index contributed by atoms with van der Waals surface area (Å²) >= 11 is 0. The Bertz CT molecular complexity index is 178. The van der Waals surface area contributed by atoms with Crippen molar-refractivity contribution < 1.29 is 24.1 Å². The molecular weight excluding hydrogens is 188 g/mol. The summed E-state index contributed by atoms with van der Waals surface area (Å²) < 4.78 is 14.4. The van der Waals surface area contributed by atoms with Crippen molar-refractivity contribution >= 4 is 5.97 Å². The molecule has 0 fully saturated rings. The van der Waals surface area contributed by atoms with E-state index in [1.54, 1.807) is 0 Å². The number of aliphatic hydroxyl groups excluding tert-OH is 1. The zero-order valence-electron chi connectivity index (χ0n) is 8.32. The summed E-state index contributed by atoms with van der Waals surface area (Å²) in [7, 11) is 1.48. The third-order valence-electron chi connectivity index (χ3n) is 1.30. The minimum Gasteiger partial charge on any atom is -0.460 e. The predicted molar refractivity (Wildman–Crippen MR) is 49.9 cm³/mol. The van der Waals surface area contributed by atoms with Crippen molar-refractivity contribution in [3.63, 3.8) is 0 Å². The highest BCUT2D eigenvalue weighted by atomic mass is 16.6. The number of hydrogen-bond donors (Lipinski definition) is 1. The number of esters is 1. The lowest BCUT2D eigenvalue weighted by Crippen LogP contribution is -2.15. The van der Waals surface area contributed by atoms with E-state index >= 15 is 0 Å². The van der Waals surface area contributed by atoms with Crippen LogP contribution in [-0.2, 0) is 19.0 Å². The van der Waals surface area contributed by atoms with Crippen molar-refractivity contribution in [1.29, 1.82) is 0 Å². The fourth-order valence-corrected chi connectivity index (χ4v) is 0.695. The van der Waals surface area contributed by atoms with E-state index in [0.717, 1.165) is 0 Å². The van der Waals surface area contributed by atoms with Gasteiger partial charge in [-0.1, -0.05) is 6.58 Å². The summed E-state index contributed by atoms with van der Waals surface area (Å²) in [4.78, 5) is 11.1. The Morgan fingerprint density at radius 1 is 1.36 bits per heavy atom. The maximum Gasteiger partial charge on any atom is 0.335 e. The van der Waals surface area contributed by atoms with E-state index in [2.05, 4.69) is 6.58 Å². The Morgan fingerprint density at radius 2 is 2.07 bits per heavy atom. The molecule has 0 saturated heterocycles. The lowest BCUT2D eigenvalue weighted by molar-refractivity contribution is -0.141. The van der Waals surface area contributed by atoms with E-state index in [1.165, 1.54) is 7.11 Å². The molecule has 0 amide bonds. The van der Waals surface area contributed by atoms with Crippen molar-refractivity contribution in [2.45, 2.75) is 0 Å². The molecule has 0 aliphatic heterocycles. The molecule has 0 saturated carbocycles. The van der Waals surface area contributed by atoms with Gasteiger partial charge in [0.1, 0.15) is 6.61 Å². The maximum absolute atomic E-state index is 11.1. The van der Waals surface area contributed by atoms with Crippen LogP contribution in [0.25, 0.3) is 0 Å². The zero-order valence-corrected chi connectivity index (χ0v) is 8.32. The summed E-state index contributed by atoms with van der Waals surface area (Å²) in [5, 5.41) is 8.37. The predicted octanol–water partition coefficient (Wildman–Crippen LogP) is -0.259. The summed E-state index contributed by atoms with van der Waals surface area (Å²) in [6, 6.07) is 0. The van der Waals surface area contributed by atoms with E-state index in [1.807, 2.05) is 0 Å². The number of aliphatic hydroxyl groups is 1. The van der Waals surface area contributed by atoms with Crippen LogP contribution in [-0.4, -0.2) is 51.2 Å². The van der Waals surface area contributed by atoms with Crippen LogP contribution in [0.2, 0.25) is 0 Å². The first-order chi connectivity index (χ1) is 6.72. The van der Waals surface area contributed by atoms with Crippen molar-refractivity contribution in [1.82, 2.24) is 0 Å². The fraction of sp³-hybridized carbons (Fsp3) is 0.667. The smallest absolute Gasteiger partial charge is 0.335 e. The fourth-order valence-electron chi connectivity index (χ4n) is 0.695.